The Kier molecular flexibility index (Phi) is 7.88. The molecule has 6 rings (SSSR count). The summed E-state index contributed by atoms with van der Waals surface area (Å²) in [6.07, 6.45) is 1.59. The van der Waals surface area contributed by atoms with Gasteiger partial charge in [0.2, 0.25) is 5.95 Å². The molecule has 2 saturated heterocycles. The second-order valence-electron chi connectivity index (χ2n) is 10.0. The molecule has 2 fully saturated rings. The van der Waals surface area contributed by atoms with Crippen molar-refractivity contribution in [3.63, 3.8) is 0 Å². The quantitative estimate of drug-likeness (QED) is 0.291. The number of thiazole rings is 1. The summed E-state index contributed by atoms with van der Waals surface area (Å²) < 4.78 is 6.28. The Balaban J connectivity index is 1.15. The molecule has 216 valence electrons. The number of hydrogen-bond donors (Lipinski definition) is 3. The third-order valence-electron chi connectivity index (χ3n) is 7.13. The van der Waals surface area contributed by atoms with E-state index in [1.807, 2.05) is 29.2 Å². The van der Waals surface area contributed by atoms with E-state index < -0.39 is 5.91 Å². The van der Waals surface area contributed by atoms with E-state index in [9.17, 15) is 14.4 Å². The topological polar surface area (TPSA) is 169 Å². The molecule has 2 aliphatic heterocycles. The molecule has 0 spiro atoms. The zero-order chi connectivity index (χ0) is 29.1. The van der Waals surface area contributed by atoms with Crippen molar-refractivity contribution in [2.24, 2.45) is 5.73 Å². The molecule has 1 atom stereocenters. The molecule has 4 heterocycles. The van der Waals surface area contributed by atoms with E-state index in [-0.39, 0.29) is 29.4 Å². The Hall–Kier alpha value is -4.69. The first-order valence-electron chi connectivity index (χ1n) is 13.6. The van der Waals surface area contributed by atoms with E-state index in [2.05, 4.69) is 30.8 Å². The van der Waals surface area contributed by atoms with E-state index >= 15 is 0 Å². The number of ether oxygens (including phenoxy) is 1. The van der Waals surface area contributed by atoms with Crippen molar-refractivity contribution < 1.29 is 19.1 Å². The smallest absolute Gasteiger partial charge is 0.280 e. The maximum Gasteiger partial charge on any atom is 0.280 e. The standard InChI is InChI=1S/C28H29N9O4S/c29-23(38)22-24(30-18-9-7-17(8-10-18)27(40)36-12-14-41-15-13-36)33-28(35-34-22)37-11-3-4-19(16-37)31-25(39)26-32-20-5-1-2-6-21(20)42-26/h1-2,5-10,19H,3-4,11-16H2,(H2,29,38)(H,31,39)(H,30,33,35). The monoisotopic (exact) mass is 587 g/mol. The molecule has 2 aliphatic rings. The van der Waals surface area contributed by atoms with Gasteiger partial charge < -0.3 is 30.9 Å². The minimum atomic E-state index is -0.775. The van der Waals surface area contributed by atoms with Crippen LogP contribution in [0.4, 0.5) is 17.5 Å². The Morgan fingerprint density at radius 1 is 0.976 bits per heavy atom. The van der Waals surface area contributed by atoms with Crippen molar-refractivity contribution in [3.05, 3.63) is 64.8 Å². The number of carbonyl (C=O) groups excluding carboxylic acids is 3. The maximum atomic E-state index is 12.9. The zero-order valence-electron chi connectivity index (χ0n) is 22.7. The molecular weight excluding hydrogens is 558 g/mol. The lowest BCUT2D eigenvalue weighted by Crippen LogP contribution is -2.48. The summed E-state index contributed by atoms with van der Waals surface area (Å²) >= 11 is 1.36. The molecule has 0 radical (unpaired) electrons. The van der Waals surface area contributed by atoms with Crippen LogP contribution in [-0.2, 0) is 4.74 Å². The molecule has 2 aromatic carbocycles. The van der Waals surface area contributed by atoms with Gasteiger partial charge in [0.05, 0.1) is 23.4 Å². The van der Waals surface area contributed by atoms with Gasteiger partial charge in [0, 0.05) is 43.5 Å². The van der Waals surface area contributed by atoms with Crippen LogP contribution in [0.3, 0.4) is 0 Å². The van der Waals surface area contributed by atoms with Crippen LogP contribution in [0.1, 0.15) is 43.5 Å². The molecule has 2 aromatic heterocycles. The second-order valence-corrected chi connectivity index (χ2v) is 11.1. The number of morpholine rings is 1. The first-order chi connectivity index (χ1) is 20.4. The van der Waals surface area contributed by atoms with Crippen LogP contribution in [0.2, 0.25) is 0 Å². The van der Waals surface area contributed by atoms with E-state index in [1.165, 1.54) is 11.3 Å². The first kappa shape index (κ1) is 27.5. The van der Waals surface area contributed by atoms with Crippen molar-refractivity contribution in [3.8, 4) is 0 Å². The van der Waals surface area contributed by atoms with E-state index in [1.54, 1.807) is 29.2 Å². The molecule has 4 N–H and O–H groups in total. The van der Waals surface area contributed by atoms with Gasteiger partial charge in [-0.2, -0.15) is 4.98 Å². The molecule has 42 heavy (non-hydrogen) atoms. The van der Waals surface area contributed by atoms with Crippen LogP contribution in [-0.4, -0.2) is 88.2 Å². The molecule has 0 saturated carbocycles. The summed E-state index contributed by atoms with van der Waals surface area (Å²) in [7, 11) is 0. The highest BCUT2D eigenvalue weighted by atomic mass is 32.1. The largest absolute Gasteiger partial charge is 0.378 e. The average Bonchev–Trinajstić information content (AvgIpc) is 3.46. The highest BCUT2D eigenvalue weighted by Gasteiger charge is 2.26. The lowest BCUT2D eigenvalue weighted by Gasteiger charge is -2.32. The highest BCUT2D eigenvalue weighted by molar-refractivity contribution is 7.20. The number of fused-ring (bicyclic) bond motifs is 1. The molecule has 0 aliphatic carbocycles. The van der Waals surface area contributed by atoms with Gasteiger partial charge in [-0.1, -0.05) is 12.1 Å². The molecule has 1 unspecified atom stereocenters. The number of amides is 3. The number of anilines is 3. The highest BCUT2D eigenvalue weighted by Crippen LogP contribution is 2.24. The number of benzene rings is 2. The predicted molar refractivity (Wildman–Crippen MR) is 157 cm³/mol. The number of carbonyl (C=O) groups is 3. The normalized spacial score (nSPS) is 17.2. The van der Waals surface area contributed by atoms with Crippen LogP contribution in [0.25, 0.3) is 10.2 Å². The Morgan fingerprint density at radius 3 is 2.52 bits per heavy atom. The minimum absolute atomic E-state index is 0.0662. The Morgan fingerprint density at radius 2 is 1.76 bits per heavy atom. The van der Waals surface area contributed by atoms with Gasteiger partial charge >= 0.3 is 0 Å². The summed E-state index contributed by atoms with van der Waals surface area (Å²) in [5.74, 6) is -0.601. The lowest BCUT2D eigenvalue weighted by molar-refractivity contribution is 0.0303. The third-order valence-corrected chi connectivity index (χ3v) is 8.16. The van der Waals surface area contributed by atoms with Crippen molar-refractivity contribution in [1.82, 2.24) is 30.4 Å². The Labute approximate surface area is 245 Å². The summed E-state index contributed by atoms with van der Waals surface area (Å²) in [6.45, 7) is 3.28. The van der Waals surface area contributed by atoms with Crippen molar-refractivity contribution >= 4 is 56.7 Å². The molecule has 14 heteroatoms. The van der Waals surface area contributed by atoms with Crippen LogP contribution >= 0.6 is 11.3 Å². The number of nitrogens with one attached hydrogen (secondary N) is 2. The number of piperidine rings is 1. The van der Waals surface area contributed by atoms with Gasteiger partial charge in [0.25, 0.3) is 17.7 Å². The van der Waals surface area contributed by atoms with Gasteiger partial charge in [-0.3, -0.25) is 14.4 Å². The summed E-state index contributed by atoms with van der Waals surface area (Å²) in [4.78, 5) is 50.5. The predicted octanol–water partition coefficient (Wildman–Crippen LogP) is 2.19. The second kappa shape index (κ2) is 12.0. The third kappa shape index (κ3) is 5.99. The van der Waals surface area contributed by atoms with E-state index in [0.717, 1.165) is 23.1 Å². The van der Waals surface area contributed by atoms with Crippen molar-refractivity contribution in [1.29, 1.82) is 0 Å². The van der Waals surface area contributed by atoms with Gasteiger partial charge in [0.1, 0.15) is 0 Å². The SMILES string of the molecule is NC(=O)c1nnc(N2CCCC(NC(=O)c3nc4ccccc4s3)C2)nc1Nc1ccc(C(=O)N2CCOCC2)cc1. The van der Waals surface area contributed by atoms with E-state index in [0.29, 0.717) is 61.6 Å². The van der Waals surface area contributed by atoms with Crippen molar-refractivity contribution in [2.75, 3.05) is 49.6 Å². The molecule has 3 amide bonds. The summed E-state index contributed by atoms with van der Waals surface area (Å²) in [5.41, 5.74) is 7.39. The number of hydrogen-bond acceptors (Lipinski definition) is 11. The molecule has 0 bridgehead atoms. The zero-order valence-corrected chi connectivity index (χ0v) is 23.5. The van der Waals surface area contributed by atoms with Gasteiger partial charge in [-0.15, -0.1) is 21.5 Å². The molecular formula is C28H29N9O4S. The number of primary amides is 1. The Bertz CT molecular complexity index is 1590. The van der Waals surface area contributed by atoms with Crippen molar-refractivity contribution in [2.45, 2.75) is 18.9 Å². The first-order valence-corrected chi connectivity index (χ1v) is 14.5. The fraction of sp³-hybridized carbons (Fsp3) is 0.321. The molecule has 4 aromatic rings. The van der Waals surface area contributed by atoms with Crippen LogP contribution in [0.15, 0.2) is 48.5 Å². The van der Waals surface area contributed by atoms with Crippen LogP contribution in [0, 0.1) is 0 Å². The number of aromatic nitrogens is 4. The maximum absolute atomic E-state index is 12.9. The summed E-state index contributed by atoms with van der Waals surface area (Å²) in [6, 6.07) is 14.4. The number of nitrogens with zero attached hydrogens (tertiary/aromatic N) is 6. The van der Waals surface area contributed by atoms with Crippen LogP contribution < -0.4 is 21.3 Å². The summed E-state index contributed by atoms with van der Waals surface area (Å²) in [5, 5.41) is 14.8. The minimum Gasteiger partial charge on any atom is -0.378 e. The van der Waals surface area contributed by atoms with Gasteiger partial charge in [0.15, 0.2) is 16.5 Å². The average molecular weight is 588 g/mol. The lowest BCUT2D eigenvalue weighted by atomic mass is 10.1. The number of rotatable bonds is 7. The number of para-hydroxylation sites is 1. The van der Waals surface area contributed by atoms with Gasteiger partial charge in [-0.05, 0) is 49.2 Å². The molecule has 13 nitrogen and oxygen atoms in total. The fourth-order valence-electron chi connectivity index (χ4n) is 4.98. The number of nitrogens with two attached hydrogens (primary N) is 1. The fourth-order valence-corrected chi connectivity index (χ4v) is 5.85. The van der Waals surface area contributed by atoms with Crippen LogP contribution in [0.5, 0.6) is 0 Å². The van der Waals surface area contributed by atoms with Gasteiger partial charge in [-0.25, -0.2) is 4.98 Å². The van der Waals surface area contributed by atoms with E-state index in [4.69, 9.17) is 10.5 Å².